The predicted octanol–water partition coefficient (Wildman–Crippen LogP) is 4.07. The summed E-state index contributed by atoms with van der Waals surface area (Å²) in [6, 6.07) is 12.7. The molecule has 0 radical (unpaired) electrons. The molecule has 2 N–H and O–H groups in total. The number of halogens is 2. The molecule has 1 unspecified atom stereocenters. The van der Waals surface area contributed by atoms with Crippen molar-refractivity contribution < 1.29 is 4.39 Å². The van der Waals surface area contributed by atoms with E-state index < -0.39 is 0 Å². The number of nitrogens with two attached hydrogens (primary N) is 1. The first-order valence-electron chi connectivity index (χ1n) is 6.30. The summed E-state index contributed by atoms with van der Waals surface area (Å²) in [5.41, 5.74) is 9.02. The lowest BCUT2D eigenvalue weighted by Gasteiger charge is -2.16. The smallest absolute Gasteiger partial charge is 0.123 e. The Bertz CT molecular complexity index is 551. The molecule has 0 aliphatic heterocycles. The van der Waals surface area contributed by atoms with Crippen molar-refractivity contribution in [3.05, 3.63) is 70.0 Å². The van der Waals surface area contributed by atoms with Crippen molar-refractivity contribution in [1.82, 2.24) is 0 Å². The maximum Gasteiger partial charge on any atom is 0.123 e. The molecule has 0 bridgehead atoms. The summed E-state index contributed by atoms with van der Waals surface area (Å²) < 4.78 is 13.3. The third kappa shape index (κ3) is 3.55. The van der Waals surface area contributed by atoms with Crippen LogP contribution < -0.4 is 5.73 Å². The molecule has 0 saturated heterocycles. The molecule has 0 aliphatic rings. The number of benzene rings is 2. The Morgan fingerprint density at radius 1 is 1.16 bits per heavy atom. The summed E-state index contributed by atoms with van der Waals surface area (Å²) in [6.07, 6.45) is 0.649. The molecule has 19 heavy (non-hydrogen) atoms. The molecule has 1 nitrogen and oxygen atoms in total. The Hall–Kier alpha value is -1.38. The van der Waals surface area contributed by atoms with Crippen molar-refractivity contribution in [3.8, 4) is 0 Å². The zero-order chi connectivity index (χ0) is 13.8. The van der Waals surface area contributed by atoms with Gasteiger partial charge in [0.1, 0.15) is 5.82 Å². The molecule has 2 rings (SSSR count). The van der Waals surface area contributed by atoms with Gasteiger partial charge in [-0.15, -0.1) is 0 Å². The molecule has 2 aromatic rings. The van der Waals surface area contributed by atoms with E-state index in [0.717, 1.165) is 11.1 Å². The van der Waals surface area contributed by atoms with Gasteiger partial charge in [-0.25, -0.2) is 4.39 Å². The van der Waals surface area contributed by atoms with E-state index in [0.29, 0.717) is 18.0 Å². The van der Waals surface area contributed by atoms with E-state index in [1.54, 1.807) is 6.07 Å². The van der Waals surface area contributed by atoms with E-state index in [9.17, 15) is 4.39 Å². The van der Waals surface area contributed by atoms with E-state index >= 15 is 0 Å². The summed E-state index contributed by atoms with van der Waals surface area (Å²) in [5.74, 6) is -0.112. The topological polar surface area (TPSA) is 26.0 Å². The molecule has 3 heteroatoms. The third-order valence-corrected chi connectivity index (χ3v) is 3.68. The van der Waals surface area contributed by atoms with Gasteiger partial charge in [-0.05, 0) is 49.2 Å². The number of rotatable bonds is 4. The predicted molar refractivity (Wildman–Crippen MR) is 78.1 cm³/mol. The molecule has 0 spiro atoms. The molecule has 100 valence electrons. The second-order valence-electron chi connectivity index (χ2n) is 4.78. The number of hydrogen-bond donors (Lipinski definition) is 1. The number of hydrogen-bond acceptors (Lipinski definition) is 1. The van der Waals surface area contributed by atoms with E-state index in [1.165, 1.54) is 17.7 Å². The lowest BCUT2D eigenvalue weighted by molar-refractivity contribution is 0.621. The zero-order valence-corrected chi connectivity index (χ0v) is 11.6. The van der Waals surface area contributed by atoms with Crippen LogP contribution in [0.5, 0.6) is 0 Å². The number of aryl methyl sites for hydroxylation is 1. The van der Waals surface area contributed by atoms with E-state index in [-0.39, 0.29) is 11.7 Å². The van der Waals surface area contributed by atoms with Crippen molar-refractivity contribution >= 4 is 11.6 Å². The maximum atomic E-state index is 13.3. The van der Waals surface area contributed by atoms with Gasteiger partial charge in [0, 0.05) is 10.9 Å². The fourth-order valence-electron chi connectivity index (χ4n) is 2.14. The van der Waals surface area contributed by atoms with Crippen molar-refractivity contribution in [2.45, 2.75) is 19.3 Å². The van der Waals surface area contributed by atoms with Gasteiger partial charge in [-0.2, -0.15) is 0 Å². The summed E-state index contributed by atoms with van der Waals surface area (Å²) in [7, 11) is 0. The van der Waals surface area contributed by atoms with Crippen LogP contribution in [0.15, 0.2) is 42.5 Å². The van der Waals surface area contributed by atoms with E-state index in [1.807, 2.05) is 6.92 Å². The third-order valence-electron chi connectivity index (χ3n) is 3.31. The van der Waals surface area contributed by atoms with Gasteiger partial charge in [-0.3, -0.25) is 0 Å². The van der Waals surface area contributed by atoms with Crippen LogP contribution in [0.25, 0.3) is 0 Å². The Morgan fingerprint density at radius 3 is 2.47 bits per heavy atom. The van der Waals surface area contributed by atoms with Crippen LogP contribution in [0, 0.1) is 12.7 Å². The van der Waals surface area contributed by atoms with Crippen LogP contribution in [0.2, 0.25) is 5.02 Å². The first kappa shape index (κ1) is 14.0. The summed E-state index contributed by atoms with van der Waals surface area (Å²) in [5, 5.41) is 0.590. The fourth-order valence-corrected chi connectivity index (χ4v) is 2.34. The Kier molecular flexibility index (Phi) is 4.56. The second-order valence-corrected chi connectivity index (χ2v) is 5.19. The molecule has 0 aliphatic carbocycles. The highest BCUT2D eigenvalue weighted by molar-refractivity contribution is 6.31. The average Bonchev–Trinajstić information content (AvgIpc) is 2.41. The van der Waals surface area contributed by atoms with Crippen LogP contribution in [-0.4, -0.2) is 6.54 Å². The normalized spacial score (nSPS) is 12.4. The van der Waals surface area contributed by atoms with Gasteiger partial charge < -0.3 is 5.73 Å². The summed E-state index contributed by atoms with van der Waals surface area (Å²) in [4.78, 5) is 0. The van der Waals surface area contributed by atoms with Gasteiger partial charge >= 0.3 is 0 Å². The minimum Gasteiger partial charge on any atom is -0.330 e. The van der Waals surface area contributed by atoms with Gasteiger partial charge in [-0.1, -0.05) is 41.4 Å². The molecular formula is C16H17ClFN. The van der Waals surface area contributed by atoms with Crippen LogP contribution >= 0.6 is 11.6 Å². The Morgan fingerprint density at radius 2 is 1.84 bits per heavy atom. The van der Waals surface area contributed by atoms with Crippen molar-refractivity contribution in [1.29, 1.82) is 0 Å². The first-order chi connectivity index (χ1) is 9.10. The molecule has 0 heterocycles. The zero-order valence-electron chi connectivity index (χ0n) is 10.9. The monoisotopic (exact) mass is 277 g/mol. The minimum atomic E-state index is -0.265. The average molecular weight is 278 g/mol. The highest BCUT2D eigenvalue weighted by atomic mass is 35.5. The molecule has 0 saturated carbocycles. The van der Waals surface area contributed by atoms with E-state index in [2.05, 4.69) is 24.3 Å². The minimum absolute atomic E-state index is 0.153. The quantitative estimate of drug-likeness (QED) is 0.896. The highest BCUT2D eigenvalue weighted by Crippen LogP contribution is 2.25. The SMILES string of the molecule is Cc1ccc(C(CN)Cc2cc(F)ccc2Cl)cc1. The molecule has 2 aromatic carbocycles. The summed E-state index contributed by atoms with van der Waals surface area (Å²) >= 11 is 6.10. The van der Waals surface area contributed by atoms with Crippen molar-refractivity contribution in [2.75, 3.05) is 6.54 Å². The van der Waals surface area contributed by atoms with Gasteiger partial charge in [0.05, 0.1) is 0 Å². The van der Waals surface area contributed by atoms with Crippen molar-refractivity contribution in [2.24, 2.45) is 5.73 Å². The lowest BCUT2D eigenvalue weighted by atomic mass is 9.91. The Balaban J connectivity index is 2.23. The van der Waals surface area contributed by atoms with Gasteiger partial charge in [0.2, 0.25) is 0 Å². The van der Waals surface area contributed by atoms with Crippen LogP contribution in [0.4, 0.5) is 4.39 Å². The van der Waals surface area contributed by atoms with Crippen molar-refractivity contribution in [3.63, 3.8) is 0 Å². The molecule has 0 amide bonds. The first-order valence-corrected chi connectivity index (χ1v) is 6.68. The van der Waals surface area contributed by atoms with E-state index in [4.69, 9.17) is 17.3 Å². The summed E-state index contributed by atoms with van der Waals surface area (Å²) in [6.45, 7) is 2.56. The van der Waals surface area contributed by atoms with Gasteiger partial charge in [0.15, 0.2) is 0 Å². The standard InChI is InChI=1S/C16H17ClFN/c1-11-2-4-12(5-3-11)14(10-19)8-13-9-15(18)6-7-16(13)17/h2-7,9,14H,8,10,19H2,1H3. The molecule has 0 aromatic heterocycles. The molecule has 1 atom stereocenters. The van der Waals surface area contributed by atoms with Gasteiger partial charge in [0.25, 0.3) is 0 Å². The fraction of sp³-hybridized carbons (Fsp3) is 0.250. The lowest BCUT2D eigenvalue weighted by Crippen LogP contribution is -2.15. The largest absolute Gasteiger partial charge is 0.330 e. The molecule has 0 fully saturated rings. The second kappa shape index (κ2) is 6.18. The van der Waals surface area contributed by atoms with Crippen LogP contribution in [0.1, 0.15) is 22.6 Å². The molecular weight excluding hydrogens is 261 g/mol. The highest BCUT2D eigenvalue weighted by Gasteiger charge is 2.13. The van der Waals surface area contributed by atoms with Crippen LogP contribution in [0.3, 0.4) is 0 Å². The van der Waals surface area contributed by atoms with Crippen LogP contribution in [-0.2, 0) is 6.42 Å². The maximum absolute atomic E-state index is 13.3. The Labute approximate surface area is 118 Å².